The van der Waals surface area contributed by atoms with Crippen LogP contribution in [0.15, 0.2) is 0 Å². The molecule has 4 fully saturated rings. The van der Waals surface area contributed by atoms with Gasteiger partial charge in [0.1, 0.15) is 6.61 Å². The molecule has 6 heteroatoms. The van der Waals surface area contributed by atoms with E-state index in [1.807, 2.05) is 0 Å². The summed E-state index contributed by atoms with van der Waals surface area (Å²) in [4.78, 5) is 24.6. The highest BCUT2D eigenvalue weighted by Crippen LogP contribution is 2.51. The van der Waals surface area contributed by atoms with Gasteiger partial charge < -0.3 is 19.5 Å². The van der Waals surface area contributed by atoms with E-state index in [2.05, 4.69) is 26.1 Å². The Morgan fingerprint density at radius 3 is 2.68 bits per heavy atom. The van der Waals surface area contributed by atoms with Gasteiger partial charge in [0.2, 0.25) is 5.91 Å². The van der Waals surface area contributed by atoms with E-state index in [0.29, 0.717) is 24.5 Å². The van der Waals surface area contributed by atoms with E-state index in [0.717, 1.165) is 25.7 Å². The summed E-state index contributed by atoms with van der Waals surface area (Å²) < 4.78 is 16.6. The molecular formula is C19H29NO5. The van der Waals surface area contributed by atoms with Crippen LogP contribution in [0.1, 0.15) is 46.5 Å². The van der Waals surface area contributed by atoms with Crippen molar-refractivity contribution in [3.05, 3.63) is 0 Å². The average Bonchev–Trinajstić information content (AvgIpc) is 3.44. The number of nitrogens with one attached hydrogen (secondary N) is 1. The number of hydrogen-bond donors (Lipinski definition) is 1. The fraction of sp³-hybridized carbons (Fsp3) is 0.895. The van der Waals surface area contributed by atoms with Crippen molar-refractivity contribution in [2.45, 2.75) is 70.4 Å². The molecule has 0 aromatic rings. The summed E-state index contributed by atoms with van der Waals surface area (Å²) in [6.07, 6.45) is 4.32. The lowest BCUT2D eigenvalue weighted by atomic mass is 9.75. The van der Waals surface area contributed by atoms with Gasteiger partial charge in [0.25, 0.3) is 0 Å². The van der Waals surface area contributed by atoms with Crippen LogP contribution in [0.5, 0.6) is 0 Å². The van der Waals surface area contributed by atoms with E-state index in [-0.39, 0.29) is 48.1 Å². The second-order valence-corrected chi connectivity index (χ2v) is 8.67. The Bertz CT molecular complexity index is 566. The minimum atomic E-state index is -0.149. The predicted molar refractivity (Wildman–Crippen MR) is 89.7 cm³/mol. The predicted octanol–water partition coefficient (Wildman–Crippen LogP) is 1.66. The van der Waals surface area contributed by atoms with E-state index in [1.54, 1.807) is 0 Å². The fourth-order valence-electron chi connectivity index (χ4n) is 4.88. The normalized spacial score (nSPS) is 47.2. The van der Waals surface area contributed by atoms with Crippen molar-refractivity contribution in [2.75, 3.05) is 13.2 Å². The Labute approximate surface area is 148 Å². The van der Waals surface area contributed by atoms with Gasteiger partial charge in [0.15, 0.2) is 0 Å². The number of rotatable bonds is 5. The second-order valence-electron chi connectivity index (χ2n) is 8.67. The summed E-state index contributed by atoms with van der Waals surface area (Å²) in [7, 11) is 0. The van der Waals surface area contributed by atoms with E-state index < -0.39 is 0 Å². The standard InChI is InChI=1S/C19H29NO5/c1-10-6-14-15(24-14)7-13(10)18(22)23-5-4-20-17(21)12-8-16-19(3,25-16)9-11(12)2/h10-16H,4-9H2,1-3H3,(H,20,21). The van der Waals surface area contributed by atoms with Gasteiger partial charge in [-0.05, 0) is 44.4 Å². The quantitative estimate of drug-likeness (QED) is 0.463. The molecule has 0 aromatic carbocycles. The Morgan fingerprint density at radius 2 is 1.88 bits per heavy atom. The molecule has 2 heterocycles. The molecule has 8 unspecified atom stereocenters. The van der Waals surface area contributed by atoms with Crippen molar-refractivity contribution in [1.29, 1.82) is 0 Å². The first-order valence-corrected chi connectivity index (χ1v) is 9.65. The molecule has 4 aliphatic rings. The van der Waals surface area contributed by atoms with Crippen LogP contribution in [-0.4, -0.2) is 48.9 Å². The van der Waals surface area contributed by atoms with Crippen molar-refractivity contribution < 1.29 is 23.8 Å². The largest absolute Gasteiger partial charge is 0.464 e. The minimum Gasteiger partial charge on any atom is -0.464 e. The molecule has 140 valence electrons. The third kappa shape index (κ3) is 3.43. The summed E-state index contributed by atoms with van der Waals surface area (Å²) in [6, 6.07) is 0. The van der Waals surface area contributed by atoms with Gasteiger partial charge in [-0.1, -0.05) is 13.8 Å². The fourth-order valence-corrected chi connectivity index (χ4v) is 4.88. The highest BCUT2D eigenvalue weighted by atomic mass is 16.6. The second kappa shape index (κ2) is 6.23. The smallest absolute Gasteiger partial charge is 0.309 e. The minimum absolute atomic E-state index is 0.00130. The molecule has 0 aromatic heterocycles. The van der Waals surface area contributed by atoms with Gasteiger partial charge in [-0.25, -0.2) is 0 Å². The molecule has 2 aliphatic heterocycles. The van der Waals surface area contributed by atoms with Crippen LogP contribution in [0, 0.1) is 23.7 Å². The molecule has 8 atom stereocenters. The molecule has 2 saturated heterocycles. The van der Waals surface area contributed by atoms with E-state index in [9.17, 15) is 9.59 Å². The van der Waals surface area contributed by atoms with Crippen LogP contribution in [-0.2, 0) is 23.8 Å². The zero-order valence-electron chi connectivity index (χ0n) is 15.3. The average molecular weight is 351 g/mol. The third-order valence-electron chi connectivity index (χ3n) is 6.67. The zero-order valence-corrected chi connectivity index (χ0v) is 15.3. The summed E-state index contributed by atoms with van der Waals surface area (Å²) in [5.41, 5.74) is 0.00664. The number of carbonyl (C=O) groups excluding carboxylic acids is 2. The van der Waals surface area contributed by atoms with Crippen LogP contribution in [0.2, 0.25) is 0 Å². The lowest BCUT2D eigenvalue weighted by Gasteiger charge is -2.28. The maximum absolute atomic E-state index is 12.4. The number of esters is 1. The molecule has 6 nitrogen and oxygen atoms in total. The SMILES string of the molecule is CC1CC2(C)OC2CC1C(=O)NCCOC(=O)C1CC2OC2CC1C. The zero-order chi connectivity index (χ0) is 17.8. The maximum atomic E-state index is 12.4. The molecule has 1 amide bonds. The van der Waals surface area contributed by atoms with E-state index >= 15 is 0 Å². The Kier molecular flexibility index (Phi) is 4.31. The number of ether oxygens (including phenoxy) is 3. The highest BCUT2D eigenvalue weighted by molar-refractivity contribution is 5.79. The number of hydrogen-bond acceptors (Lipinski definition) is 5. The number of fused-ring (bicyclic) bond motifs is 2. The lowest BCUT2D eigenvalue weighted by Crippen LogP contribution is -2.41. The summed E-state index contributed by atoms with van der Waals surface area (Å²) >= 11 is 0. The van der Waals surface area contributed by atoms with Crippen molar-refractivity contribution in [2.24, 2.45) is 23.7 Å². The van der Waals surface area contributed by atoms with Crippen molar-refractivity contribution >= 4 is 11.9 Å². The van der Waals surface area contributed by atoms with Gasteiger partial charge in [0.05, 0.1) is 36.4 Å². The maximum Gasteiger partial charge on any atom is 0.309 e. The first-order chi connectivity index (χ1) is 11.9. The number of epoxide rings is 2. The molecule has 1 N–H and O–H groups in total. The third-order valence-corrected chi connectivity index (χ3v) is 6.67. The number of carbonyl (C=O) groups is 2. The monoisotopic (exact) mass is 351 g/mol. The lowest BCUT2D eigenvalue weighted by molar-refractivity contribution is -0.151. The molecular weight excluding hydrogens is 322 g/mol. The summed E-state index contributed by atoms with van der Waals surface area (Å²) in [5.74, 6) is 0.467. The molecule has 4 rings (SSSR count). The van der Waals surface area contributed by atoms with Gasteiger partial charge in [-0.3, -0.25) is 9.59 Å². The summed E-state index contributed by atoms with van der Waals surface area (Å²) in [6.45, 7) is 6.94. The van der Waals surface area contributed by atoms with Crippen LogP contribution < -0.4 is 5.32 Å². The molecule has 2 aliphatic carbocycles. The van der Waals surface area contributed by atoms with E-state index in [1.165, 1.54) is 0 Å². The number of amides is 1. The van der Waals surface area contributed by atoms with Crippen molar-refractivity contribution in [3.63, 3.8) is 0 Å². The summed E-state index contributed by atoms with van der Waals surface area (Å²) in [5, 5.41) is 2.92. The van der Waals surface area contributed by atoms with Gasteiger partial charge in [0, 0.05) is 5.92 Å². The van der Waals surface area contributed by atoms with Gasteiger partial charge in [-0.2, -0.15) is 0 Å². The topological polar surface area (TPSA) is 80.5 Å². The first kappa shape index (κ1) is 17.3. The molecule has 0 radical (unpaired) electrons. The van der Waals surface area contributed by atoms with Crippen LogP contribution in [0.4, 0.5) is 0 Å². The van der Waals surface area contributed by atoms with Crippen molar-refractivity contribution in [1.82, 2.24) is 5.32 Å². The molecule has 25 heavy (non-hydrogen) atoms. The highest BCUT2D eigenvalue weighted by Gasteiger charge is 2.58. The van der Waals surface area contributed by atoms with Gasteiger partial charge >= 0.3 is 5.97 Å². The first-order valence-electron chi connectivity index (χ1n) is 9.65. The molecule has 0 bridgehead atoms. The molecule has 2 saturated carbocycles. The Morgan fingerprint density at radius 1 is 1.12 bits per heavy atom. The van der Waals surface area contributed by atoms with Gasteiger partial charge in [-0.15, -0.1) is 0 Å². The van der Waals surface area contributed by atoms with Crippen LogP contribution in [0.3, 0.4) is 0 Å². The van der Waals surface area contributed by atoms with Crippen LogP contribution in [0.25, 0.3) is 0 Å². The Hall–Kier alpha value is -1.14. The van der Waals surface area contributed by atoms with Crippen LogP contribution >= 0.6 is 0 Å². The van der Waals surface area contributed by atoms with Crippen molar-refractivity contribution in [3.8, 4) is 0 Å². The van der Waals surface area contributed by atoms with E-state index in [4.69, 9.17) is 14.2 Å². The molecule has 0 spiro atoms. The Balaban J connectivity index is 1.17.